The molecule has 0 saturated carbocycles. The zero-order valence-electron chi connectivity index (χ0n) is 18.3. The van der Waals surface area contributed by atoms with Crippen molar-refractivity contribution in [3.63, 3.8) is 0 Å². The maximum atomic E-state index is 12.3. The number of unbranched alkanes of at least 4 members (excludes halogenated alkanes) is 5. The number of hydrogen-bond donors (Lipinski definition) is 0. The molecule has 0 bridgehead atoms. The minimum Gasteiger partial charge on any atom is -0.494 e. The maximum absolute atomic E-state index is 12.3. The molecule has 0 aliphatic heterocycles. The zero-order valence-corrected chi connectivity index (χ0v) is 18.3. The van der Waals surface area contributed by atoms with E-state index in [1.165, 1.54) is 32.1 Å². The summed E-state index contributed by atoms with van der Waals surface area (Å²) < 4.78 is 11.3. The smallest absolute Gasteiger partial charge is 0.338 e. The van der Waals surface area contributed by atoms with Crippen LogP contribution < -0.4 is 4.74 Å². The number of benzene rings is 2. The first-order chi connectivity index (χ1) is 14.1. The van der Waals surface area contributed by atoms with Gasteiger partial charge in [0.2, 0.25) is 0 Å². The molecule has 0 heterocycles. The minimum atomic E-state index is -0.240. The van der Waals surface area contributed by atoms with Crippen molar-refractivity contribution >= 4 is 5.97 Å². The highest BCUT2D eigenvalue weighted by atomic mass is 16.5. The number of carbonyl (C=O) groups excluding carboxylic acids is 1. The highest BCUT2D eigenvalue weighted by molar-refractivity contribution is 5.90. The van der Waals surface area contributed by atoms with Crippen LogP contribution in [0.2, 0.25) is 0 Å². The molecule has 0 saturated heterocycles. The molecule has 2 rings (SSSR count). The molecule has 3 heteroatoms. The van der Waals surface area contributed by atoms with E-state index in [-0.39, 0.29) is 12.1 Å². The topological polar surface area (TPSA) is 35.5 Å². The summed E-state index contributed by atoms with van der Waals surface area (Å²) in [5.41, 5.74) is 2.78. The lowest BCUT2D eigenvalue weighted by molar-refractivity contribution is 0.0319. The first kappa shape index (κ1) is 23.0. The highest BCUT2D eigenvalue weighted by Gasteiger charge is 2.12. The fourth-order valence-electron chi connectivity index (χ4n) is 3.25. The van der Waals surface area contributed by atoms with Crippen molar-refractivity contribution in [3.8, 4) is 16.9 Å². The van der Waals surface area contributed by atoms with Crippen LogP contribution in [0.4, 0.5) is 0 Å². The molecular weight excluding hydrogens is 360 g/mol. The van der Waals surface area contributed by atoms with E-state index in [0.717, 1.165) is 42.7 Å². The van der Waals surface area contributed by atoms with E-state index < -0.39 is 0 Å². The van der Waals surface area contributed by atoms with E-state index in [1.807, 2.05) is 43.3 Å². The average molecular weight is 397 g/mol. The molecule has 0 spiro atoms. The van der Waals surface area contributed by atoms with Gasteiger partial charge in [-0.25, -0.2) is 4.79 Å². The summed E-state index contributed by atoms with van der Waals surface area (Å²) in [6.07, 6.45) is 9.15. The number of rotatable bonds is 13. The van der Waals surface area contributed by atoms with Crippen LogP contribution in [-0.4, -0.2) is 18.7 Å². The number of hydrogen-bond acceptors (Lipinski definition) is 3. The third-order valence-electron chi connectivity index (χ3n) is 5.10. The van der Waals surface area contributed by atoms with Crippen molar-refractivity contribution in [1.82, 2.24) is 0 Å². The molecule has 0 aliphatic carbocycles. The van der Waals surface area contributed by atoms with Crippen LogP contribution >= 0.6 is 0 Å². The van der Waals surface area contributed by atoms with Gasteiger partial charge in [0.15, 0.2) is 0 Å². The maximum Gasteiger partial charge on any atom is 0.338 e. The Bertz CT molecular complexity index is 704. The van der Waals surface area contributed by atoms with Gasteiger partial charge in [-0.2, -0.15) is 0 Å². The van der Waals surface area contributed by atoms with Gasteiger partial charge in [-0.1, -0.05) is 70.2 Å². The Kier molecular flexibility index (Phi) is 10.3. The quantitative estimate of drug-likeness (QED) is 0.261. The van der Waals surface area contributed by atoms with Crippen LogP contribution in [0.25, 0.3) is 11.1 Å². The molecule has 0 aliphatic rings. The molecule has 0 unspecified atom stereocenters. The lowest BCUT2D eigenvalue weighted by Gasteiger charge is -2.13. The Morgan fingerprint density at radius 1 is 0.793 bits per heavy atom. The summed E-state index contributed by atoms with van der Waals surface area (Å²) >= 11 is 0. The molecule has 0 fully saturated rings. The largest absolute Gasteiger partial charge is 0.494 e. The summed E-state index contributed by atoms with van der Waals surface area (Å²) in [5, 5.41) is 0. The average Bonchev–Trinajstić information content (AvgIpc) is 2.75. The number of carbonyl (C=O) groups is 1. The molecule has 3 nitrogen and oxygen atoms in total. The second kappa shape index (κ2) is 13.0. The Labute approximate surface area is 176 Å². The van der Waals surface area contributed by atoms with Crippen molar-refractivity contribution in [1.29, 1.82) is 0 Å². The van der Waals surface area contributed by atoms with Crippen LogP contribution in [-0.2, 0) is 4.74 Å². The van der Waals surface area contributed by atoms with Crippen molar-refractivity contribution < 1.29 is 14.3 Å². The Balaban J connectivity index is 1.85. The van der Waals surface area contributed by atoms with Crippen LogP contribution in [0.5, 0.6) is 5.75 Å². The van der Waals surface area contributed by atoms with Gasteiger partial charge >= 0.3 is 5.97 Å². The molecule has 29 heavy (non-hydrogen) atoms. The lowest BCUT2D eigenvalue weighted by atomic mass is 10.0. The molecule has 2 aromatic carbocycles. The van der Waals surface area contributed by atoms with E-state index in [9.17, 15) is 4.79 Å². The van der Waals surface area contributed by atoms with Crippen molar-refractivity contribution in [3.05, 3.63) is 54.1 Å². The molecule has 0 amide bonds. The van der Waals surface area contributed by atoms with Crippen molar-refractivity contribution in [2.24, 2.45) is 0 Å². The molecule has 0 aromatic heterocycles. The predicted octanol–water partition coefficient (Wildman–Crippen LogP) is 7.44. The lowest BCUT2D eigenvalue weighted by Crippen LogP contribution is -2.15. The second-order valence-electron chi connectivity index (χ2n) is 7.72. The monoisotopic (exact) mass is 396 g/mol. The molecule has 2 aromatic rings. The molecule has 1 atom stereocenters. The first-order valence-electron chi connectivity index (χ1n) is 11.2. The fraction of sp³-hybridized carbons (Fsp3) is 0.500. The van der Waals surface area contributed by atoms with Gasteiger partial charge < -0.3 is 9.47 Å². The summed E-state index contributed by atoms with van der Waals surface area (Å²) in [6.45, 7) is 7.13. The Morgan fingerprint density at radius 3 is 2.00 bits per heavy atom. The zero-order chi connectivity index (χ0) is 20.9. The van der Waals surface area contributed by atoms with E-state index in [1.54, 1.807) is 0 Å². The highest BCUT2D eigenvalue weighted by Crippen LogP contribution is 2.23. The van der Waals surface area contributed by atoms with Crippen LogP contribution in [0, 0.1) is 0 Å². The predicted molar refractivity (Wildman–Crippen MR) is 121 cm³/mol. The standard InChI is InChI=1S/C26H36O3/c1-4-6-8-9-11-21(3)29-26(27)24-14-12-22(13-15-24)23-16-18-25(19-17-23)28-20-10-7-5-2/h12-19,21H,4-11,20H2,1-3H3/t21-/m1/s1. The minimum absolute atomic E-state index is 0.0381. The molecule has 0 radical (unpaired) electrons. The van der Waals surface area contributed by atoms with E-state index in [4.69, 9.17) is 9.47 Å². The van der Waals surface area contributed by atoms with Crippen molar-refractivity contribution in [2.75, 3.05) is 6.61 Å². The van der Waals surface area contributed by atoms with Crippen molar-refractivity contribution in [2.45, 2.75) is 78.2 Å². The van der Waals surface area contributed by atoms with E-state index in [2.05, 4.69) is 26.0 Å². The SMILES string of the molecule is CCCCCC[C@@H](C)OC(=O)c1ccc(-c2ccc(OCCCCC)cc2)cc1. The van der Waals surface area contributed by atoms with Gasteiger partial charge in [-0.15, -0.1) is 0 Å². The van der Waals surface area contributed by atoms with Gasteiger partial charge in [-0.3, -0.25) is 0 Å². The summed E-state index contributed by atoms with van der Waals surface area (Å²) in [4.78, 5) is 12.3. The fourth-order valence-corrected chi connectivity index (χ4v) is 3.25. The van der Waals surface area contributed by atoms with Gasteiger partial charge in [0.05, 0.1) is 18.3 Å². The van der Waals surface area contributed by atoms with E-state index >= 15 is 0 Å². The van der Waals surface area contributed by atoms with Gasteiger partial charge in [0, 0.05) is 0 Å². The second-order valence-corrected chi connectivity index (χ2v) is 7.72. The van der Waals surface area contributed by atoms with Gasteiger partial charge in [0.1, 0.15) is 5.75 Å². The first-order valence-corrected chi connectivity index (χ1v) is 11.2. The van der Waals surface area contributed by atoms with Crippen LogP contribution in [0.15, 0.2) is 48.5 Å². The normalized spacial score (nSPS) is 11.8. The Hall–Kier alpha value is -2.29. The third-order valence-corrected chi connectivity index (χ3v) is 5.10. The molecule has 0 N–H and O–H groups in total. The van der Waals surface area contributed by atoms with Crippen LogP contribution in [0.3, 0.4) is 0 Å². The van der Waals surface area contributed by atoms with Crippen LogP contribution in [0.1, 0.15) is 82.5 Å². The third kappa shape index (κ3) is 8.31. The molecule has 158 valence electrons. The van der Waals surface area contributed by atoms with E-state index in [0.29, 0.717) is 5.56 Å². The van der Waals surface area contributed by atoms with Gasteiger partial charge in [-0.05, 0) is 61.6 Å². The Morgan fingerprint density at radius 2 is 1.38 bits per heavy atom. The summed E-state index contributed by atoms with van der Waals surface area (Å²) in [6, 6.07) is 15.8. The summed E-state index contributed by atoms with van der Waals surface area (Å²) in [5.74, 6) is 0.661. The molecular formula is C26H36O3. The summed E-state index contributed by atoms with van der Waals surface area (Å²) in [7, 11) is 0. The number of esters is 1. The van der Waals surface area contributed by atoms with Gasteiger partial charge in [0.25, 0.3) is 0 Å². The number of ether oxygens (including phenoxy) is 2.